The monoisotopic (exact) mass is 285 g/mol. The molecule has 0 spiro atoms. The van der Waals surface area contributed by atoms with Gasteiger partial charge in [0.25, 0.3) is 0 Å². The fraction of sp³-hybridized carbons (Fsp3) is 0.611. The Kier molecular flexibility index (Phi) is 5.03. The van der Waals surface area contributed by atoms with Crippen LogP contribution in [0.3, 0.4) is 0 Å². The van der Waals surface area contributed by atoms with Gasteiger partial charge in [-0.1, -0.05) is 32.8 Å². The van der Waals surface area contributed by atoms with E-state index in [4.69, 9.17) is 11.4 Å². The van der Waals surface area contributed by atoms with Crippen LogP contribution in [-0.2, 0) is 12.0 Å². The van der Waals surface area contributed by atoms with Gasteiger partial charge in [0.15, 0.2) is 0 Å². The highest BCUT2D eigenvalue weighted by molar-refractivity contribution is 5.28. The number of aryl methyl sites for hydroxylation is 1. The molecule has 0 amide bonds. The second kappa shape index (κ2) is 6.60. The van der Waals surface area contributed by atoms with Crippen LogP contribution < -0.4 is 0 Å². The second-order valence-electron chi connectivity index (χ2n) is 7.02. The number of piperazine rings is 1. The van der Waals surface area contributed by atoms with Crippen LogP contribution in [0, 0.1) is 19.3 Å². The van der Waals surface area contributed by atoms with Gasteiger partial charge >= 0.3 is 0 Å². The molecule has 0 unspecified atom stereocenters. The van der Waals surface area contributed by atoms with E-state index in [1.165, 1.54) is 16.8 Å². The zero-order valence-corrected chi connectivity index (χ0v) is 13.8. The first kappa shape index (κ1) is 16.0. The van der Waals surface area contributed by atoms with E-state index >= 15 is 0 Å². The van der Waals surface area contributed by atoms with Gasteiger partial charge in [0, 0.05) is 50.0 Å². The minimum atomic E-state index is 0.115. The first-order valence-corrected chi connectivity index (χ1v) is 7.74. The molecular formula is C18H27N3. The zero-order chi connectivity index (χ0) is 15.5. The Morgan fingerprint density at radius 1 is 1.19 bits per heavy atom. The van der Waals surface area contributed by atoms with Crippen LogP contribution in [-0.4, -0.2) is 47.5 Å². The minimum Gasteiger partial charge on any atom is -0.296 e. The van der Waals surface area contributed by atoms with Crippen LogP contribution in [0.4, 0.5) is 0 Å². The van der Waals surface area contributed by atoms with Gasteiger partial charge in [-0.3, -0.25) is 14.8 Å². The van der Waals surface area contributed by atoms with E-state index in [9.17, 15) is 0 Å². The largest absolute Gasteiger partial charge is 0.296 e. The summed E-state index contributed by atoms with van der Waals surface area (Å²) in [7, 11) is 0. The van der Waals surface area contributed by atoms with Gasteiger partial charge < -0.3 is 0 Å². The molecule has 0 atom stereocenters. The smallest absolute Gasteiger partial charge is 0.0599 e. The third-order valence-corrected chi connectivity index (χ3v) is 4.03. The summed E-state index contributed by atoms with van der Waals surface area (Å²) >= 11 is 0. The standard InChI is InChI=1S/C18H27N3/c1-6-7-20-8-10-21(11-9-20)14-16-12-15(2)17(19-13-16)18(3,4)5/h1,12-13H,7-11,14H2,2-5H3. The van der Waals surface area contributed by atoms with E-state index in [-0.39, 0.29) is 5.41 Å². The molecule has 0 saturated carbocycles. The summed E-state index contributed by atoms with van der Waals surface area (Å²) < 4.78 is 0. The normalized spacial score (nSPS) is 17.7. The van der Waals surface area contributed by atoms with Crippen LogP contribution in [0.5, 0.6) is 0 Å². The van der Waals surface area contributed by atoms with E-state index < -0.39 is 0 Å². The molecular weight excluding hydrogens is 258 g/mol. The number of pyridine rings is 1. The molecule has 0 radical (unpaired) electrons. The molecule has 3 nitrogen and oxygen atoms in total. The maximum absolute atomic E-state index is 5.37. The van der Waals surface area contributed by atoms with Crippen molar-refractivity contribution in [3.8, 4) is 12.3 Å². The summed E-state index contributed by atoms with van der Waals surface area (Å²) in [6, 6.07) is 2.29. The molecule has 0 aliphatic carbocycles. The van der Waals surface area contributed by atoms with Crippen LogP contribution in [0.25, 0.3) is 0 Å². The maximum Gasteiger partial charge on any atom is 0.0599 e. The summed E-state index contributed by atoms with van der Waals surface area (Å²) in [5, 5.41) is 0. The van der Waals surface area contributed by atoms with E-state index in [1.54, 1.807) is 0 Å². The minimum absolute atomic E-state index is 0.115. The Bertz CT molecular complexity index is 514. The maximum atomic E-state index is 5.37. The number of rotatable bonds is 3. The predicted molar refractivity (Wildman–Crippen MR) is 88.2 cm³/mol. The molecule has 21 heavy (non-hydrogen) atoms. The van der Waals surface area contributed by atoms with Crippen molar-refractivity contribution < 1.29 is 0 Å². The van der Waals surface area contributed by atoms with Crippen LogP contribution in [0.15, 0.2) is 12.3 Å². The summed E-state index contributed by atoms with van der Waals surface area (Å²) in [6.07, 6.45) is 7.41. The number of hydrogen-bond donors (Lipinski definition) is 0. The number of nitrogens with zero attached hydrogens (tertiary/aromatic N) is 3. The Morgan fingerprint density at radius 3 is 2.33 bits per heavy atom. The van der Waals surface area contributed by atoms with Gasteiger partial charge in [-0.05, 0) is 18.1 Å². The molecule has 1 aromatic heterocycles. The Hall–Kier alpha value is -1.37. The second-order valence-corrected chi connectivity index (χ2v) is 7.02. The van der Waals surface area contributed by atoms with Gasteiger partial charge in [0.05, 0.1) is 6.54 Å². The lowest BCUT2D eigenvalue weighted by Crippen LogP contribution is -2.45. The summed E-state index contributed by atoms with van der Waals surface area (Å²) in [6.45, 7) is 14.9. The topological polar surface area (TPSA) is 19.4 Å². The first-order chi connectivity index (χ1) is 9.90. The molecule has 1 aliphatic heterocycles. The van der Waals surface area contributed by atoms with Gasteiger partial charge in [0.2, 0.25) is 0 Å². The Balaban J connectivity index is 1.96. The van der Waals surface area contributed by atoms with Crippen LogP contribution >= 0.6 is 0 Å². The molecule has 114 valence electrons. The van der Waals surface area contributed by atoms with E-state index in [1.807, 2.05) is 6.20 Å². The van der Waals surface area contributed by atoms with Crippen molar-refractivity contribution in [3.05, 3.63) is 29.1 Å². The molecule has 2 rings (SSSR count). The first-order valence-electron chi connectivity index (χ1n) is 7.74. The number of terminal acetylenes is 1. The van der Waals surface area contributed by atoms with Crippen molar-refractivity contribution in [2.75, 3.05) is 32.7 Å². The SMILES string of the molecule is C#CCN1CCN(Cc2cnc(C(C)(C)C)c(C)c2)CC1. The third-order valence-electron chi connectivity index (χ3n) is 4.03. The molecule has 1 saturated heterocycles. The molecule has 2 heterocycles. The van der Waals surface area contributed by atoms with Crippen molar-refractivity contribution in [1.29, 1.82) is 0 Å². The number of aromatic nitrogens is 1. The molecule has 0 bridgehead atoms. The van der Waals surface area contributed by atoms with Crippen molar-refractivity contribution >= 4 is 0 Å². The van der Waals surface area contributed by atoms with Crippen LogP contribution in [0.2, 0.25) is 0 Å². The van der Waals surface area contributed by atoms with Crippen molar-refractivity contribution in [2.45, 2.75) is 39.7 Å². The van der Waals surface area contributed by atoms with E-state index in [0.29, 0.717) is 0 Å². The Morgan fingerprint density at radius 2 is 1.81 bits per heavy atom. The highest BCUT2D eigenvalue weighted by Gasteiger charge is 2.19. The fourth-order valence-corrected chi connectivity index (χ4v) is 3.00. The third kappa shape index (κ3) is 4.30. The molecule has 1 aromatic rings. The summed E-state index contributed by atoms with van der Waals surface area (Å²) in [5.41, 5.74) is 3.92. The lowest BCUT2D eigenvalue weighted by molar-refractivity contribution is 0.138. The Labute approximate surface area is 129 Å². The summed E-state index contributed by atoms with van der Waals surface area (Å²) in [5.74, 6) is 2.73. The van der Waals surface area contributed by atoms with Gasteiger partial charge in [0.1, 0.15) is 0 Å². The van der Waals surface area contributed by atoms with Crippen molar-refractivity contribution in [3.63, 3.8) is 0 Å². The highest BCUT2D eigenvalue weighted by Crippen LogP contribution is 2.24. The van der Waals surface area contributed by atoms with E-state index in [2.05, 4.69) is 49.5 Å². The highest BCUT2D eigenvalue weighted by atomic mass is 15.3. The van der Waals surface area contributed by atoms with Crippen molar-refractivity contribution in [2.24, 2.45) is 0 Å². The molecule has 3 heteroatoms. The van der Waals surface area contributed by atoms with Crippen LogP contribution in [0.1, 0.15) is 37.6 Å². The average molecular weight is 285 g/mol. The lowest BCUT2D eigenvalue weighted by atomic mass is 9.88. The molecule has 1 aliphatic rings. The molecule has 0 N–H and O–H groups in total. The fourth-order valence-electron chi connectivity index (χ4n) is 3.00. The van der Waals surface area contributed by atoms with Gasteiger partial charge in [-0.15, -0.1) is 6.42 Å². The molecule has 0 aromatic carbocycles. The van der Waals surface area contributed by atoms with E-state index in [0.717, 1.165) is 39.3 Å². The van der Waals surface area contributed by atoms with Crippen molar-refractivity contribution in [1.82, 2.24) is 14.8 Å². The quantitative estimate of drug-likeness (QED) is 0.795. The number of hydrogen-bond acceptors (Lipinski definition) is 3. The van der Waals surface area contributed by atoms with Gasteiger partial charge in [-0.2, -0.15) is 0 Å². The predicted octanol–water partition coefficient (Wildman–Crippen LogP) is 2.44. The zero-order valence-electron chi connectivity index (χ0n) is 13.8. The summed E-state index contributed by atoms with van der Waals surface area (Å²) in [4.78, 5) is 9.52. The van der Waals surface area contributed by atoms with Gasteiger partial charge in [-0.25, -0.2) is 0 Å². The molecule has 1 fully saturated rings. The average Bonchev–Trinajstić information content (AvgIpc) is 2.40. The lowest BCUT2D eigenvalue weighted by Gasteiger charge is -2.33.